The Kier molecular flexibility index (Phi) is 6.35. The molecule has 0 aliphatic heterocycles. The van der Waals surface area contributed by atoms with Crippen molar-refractivity contribution in [2.24, 2.45) is 0 Å². The lowest BCUT2D eigenvalue weighted by atomic mass is 9.93. The van der Waals surface area contributed by atoms with Crippen LogP contribution in [0.25, 0.3) is 0 Å². The third-order valence-electron chi connectivity index (χ3n) is 4.71. The fourth-order valence-electron chi connectivity index (χ4n) is 3.52. The number of carbonyl (C=O) groups is 2. The summed E-state index contributed by atoms with van der Waals surface area (Å²) in [4.78, 5) is 29.3. The monoisotopic (exact) mass is 415 g/mol. The Balaban J connectivity index is 1.75. The fourth-order valence-corrected chi connectivity index (χ4v) is 4.80. The summed E-state index contributed by atoms with van der Waals surface area (Å²) in [6.45, 7) is 7.19. The summed E-state index contributed by atoms with van der Waals surface area (Å²) in [7, 11) is 0. The molecule has 1 unspecified atom stereocenters. The summed E-state index contributed by atoms with van der Waals surface area (Å²) >= 11 is 1.45. The van der Waals surface area contributed by atoms with Gasteiger partial charge in [0.1, 0.15) is 29.3 Å². The van der Waals surface area contributed by atoms with Crippen molar-refractivity contribution in [1.29, 1.82) is 5.26 Å². The Hall–Kier alpha value is -2.70. The molecule has 2 N–H and O–H groups in total. The highest BCUT2D eigenvalue weighted by molar-refractivity contribution is 7.16. The number of rotatable bonds is 6. The Labute approximate surface area is 173 Å². The zero-order valence-electron chi connectivity index (χ0n) is 17.0. The van der Waals surface area contributed by atoms with Gasteiger partial charge in [-0.3, -0.25) is 9.59 Å². The van der Waals surface area contributed by atoms with Gasteiger partial charge in [0.25, 0.3) is 0 Å². The van der Waals surface area contributed by atoms with Crippen molar-refractivity contribution >= 4 is 34.0 Å². The maximum atomic E-state index is 12.7. The Morgan fingerprint density at radius 1 is 1.45 bits per heavy atom. The molecule has 1 aliphatic carbocycles. The normalized spacial score (nSPS) is 15.7. The van der Waals surface area contributed by atoms with Gasteiger partial charge in [-0.25, -0.2) is 4.98 Å². The summed E-state index contributed by atoms with van der Waals surface area (Å²) in [6, 6.07) is 2.25. The molecule has 2 aromatic rings. The number of nitrogens with zero attached hydrogens (tertiary/aromatic N) is 3. The van der Waals surface area contributed by atoms with Crippen molar-refractivity contribution < 1.29 is 14.3 Å². The number of nitrogens with one attached hydrogen (secondary N) is 2. The van der Waals surface area contributed by atoms with E-state index < -0.39 is 0 Å². The zero-order chi connectivity index (χ0) is 21.1. The van der Waals surface area contributed by atoms with Crippen LogP contribution in [0.5, 0.6) is 0 Å². The highest BCUT2D eigenvalue weighted by Gasteiger charge is 2.27. The molecule has 8 nitrogen and oxygen atoms in total. The quantitative estimate of drug-likeness (QED) is 0.754. The number of thiophene rings is 1. The molecule has 1 aliphatic rings. The molecular weight excluding hydrogens is 390 g/mol. The minimum absolute atomic E-state index is 0.00598. The van der Waals surface area contributed by atoms with Gasteiger partial charge in [0.05, 0.1) is 24.0 Å². The van der Waals surface area contributed by atoms with Crippen LogP contribution in [0.2, 0.25) is 0 Å². The number of hydrogen-bond acceptors (Lipinski definition) is 6. The third-order valence-corrected chi connectivity index (χ3v) is 5.88. The van der Waals surface area contributed by atoms with Gasteiger partial charge >= 0.3 is 0 Å². The summed E-state index contributed by atoms with van der Waals surface area (Å²) in [5.74, 6) is 0.568. The summed E-state index contributed by atoms with van der Waals surface area (Å²) in [5.41, 5.74) is 1.57. The molecule has 3 rings (SSSR count). The van der Waals surface area contributed by atoms with Crippen molar-refractivity contribution in [3.05, 3.63) is 28.0 Å². The van der Waals surface area contributed by atoms with Crippen molar-refractivity contribution in [3.63, 3.8) is 0 Å². The number of imidazole rings is 1. The zero-order valence-corrected chi connectivity index (χ0v) is 17.9. The molecular formula is C20H25N5O3S. The van der Waals surface area contributed by atoms with Gasteiger partial charge in [0.2, 0.25) is 11.8 Å². The van der Waals surface area contributed by atoms with Crippen molar-refractivity contribution in [1.82, 2.24) is 9.55 Å². The highest BCUT2D eigenvalue weighted by Crippen LogP contribution is 2.38. The smallest absolute Gasteiger partial charge is 0.245 e. The molecule has 2 amide bonds. The molecule has 0 bridgehead atoms. The predicted molar refractivity (Wildman–Crippen MR) is 111 cm³/mol. The number of anilines is 2. The van der Waals surface area contributed by atoms with Gasteiger partial charge in [-0.15, -0.1) is 11.3 Å². The summed E-state index contributed by atoms with van der Waals surface area (Å²) in [5, 5.41) is 15.8. The first-order valence-corrected chi connectivity index (χ1v) is 10.4. The number of aryl methyl sites for hydroxylation is 1. The van der Waals surface area contributed by atoms with Crippen LogP contribution in [0.3, 0.4) is 0 Å². The molecule has 2 heterocycles. The van der Waals surface area contributed by atoms with E-state index in [1.165, 1.54) is 24.5 Å². The maximum absolute atomic E-state index is 12.7. The number of amides is 2. The second kappa shape index (κ2) is 8.76. The molecule has 0 saturated carbocycles. The van der Waals surface area contributed by atoms with Crippen molar-refractivity contribution in [2.75, 3.05) is 10.6 Å². The van der Waals surface area contributed by atoms with Gasteiger partial charge in [0, 0.05) is 18.2 Å². The average Bonchev–Trinajstić information content (AvgIpc) is 3.14. The van der Waals surface area contributed by atoms with Crippen LogP contribution in [0.15, 0.2) is 6.20 Å². The lowest BCUT2D eigenvalue weighted by Crippen LogP contribution is -2.24. The lowest BCUT2D eigenvalue weighted by molar-refractivity contribution is -0.117. The van der Waals surface area contributed by atoms with Crippen LogP contribution in [0.4, 0.5) is 10.8 Å². The third kappa shape index (κ3) is 4.83. The number of hydrogen-bond donors (Lipinski definition) is 2. The van der Waals surface area contributed by atoms with Crippen molar-refractivity contribution in [2.45, 2.75) is 65.7 Å². The van der Waals surface area contributed by atoms with Crippen LogP contribution in [-0.4, -0.2) is 33.6 Å². The molecule has 9 heteroatoms. The predicted octanol–water partition coefficient (Wildman–Crippen LogP) is 3.00. The molecule has 1 atom stereocenters. The minimum Gasteiger partial charge on any atom is -0.375 e. The van der Waals surface area contributed by atoms with Crippen LogP contribution in [0.1, 0.15) is 49.0 Å². The standard InChI is InChI=1S/C20H25N5O3S/c1-11(2)28-14-5-6-15-16(8-21)20(29-17(15)7-14)24-19(27)10-25-12(3)22-9-18(25)23-13(4)26/h9,11,14H,5-7,10H2,1-4H3,(H,23,26)(H,24,27). The number of fused-ring (bicyclic) bond motifs is 1. The lowest BCUT2D eigenvalue weighted by Gasteiger charge is -2.24. The Morgan fingerprint density at radius 3 is 2.86 bits per heavy atom. The van der Waals surface area contributed by atoms with Crippen molar-refractivity contribution in [3.8, 4) is 6.07 Å². The number of ether oxygens (including phenoxy) is 1. The van der Waals surface area contributed by atoms with Gasteiger partial charge in [-0.2, -0.15) is 5.26 Å². The average molecular weight is 416 g/mol. The van der Waals surface area contributed by atoms with Crippen LogP contribution < -0.4 is 10.6 Å². The Bertz CT molecular complexity index is 970. The molecule has 154 valence electrons. The minimum atomic E-state index is -0.275. The van der Waals surface area contributed by atoms with Crippen LogP contribution in [0, 0.1) is 18.3 Å². The van der Waals surface area contributed by atoms with Crippen LogP contribution >= 0.6 is 11.3 Å². The number of carbonyl (C=O) groups excluding carboxylic acids is 2. The highest BCUT2D eigenvalue weighted by atomic mass is 32.1. The second-order valence-electron chi connectivity index (χ2n) is 7.38. The van der Waals surface area contributed by atoms with Gasteiger partial charge in [-0.05, 0) is 39.2 Å². The molecule has 0 fully saturated rings. The summed E-state index contributed by atoms with van der Waals surface area (Å²) < 4.78 is 7.56. The van der Waals surface area contributed by atoms with E-state index in [-0.39, 0.29) is 30.6 Å². The number of nitriles is 1. The molecule has 2 aromatic heterocycles. The fraction of sp³-hybridized carbons (Fsp3) is 0.500. The van der Waals surface area contributed by atoms with E-state index in [1.807, 2.05) is 13.8 Å². The van der Waals surface area contributed by atoms with Crippen LogP contribution in [-0.2, 0) is 33.7 Å². The summed E-state index contributed by atoms with van der Waals surface area (Å²) in [6.07, 6.45) is 4.23. The van der Waals surface area contributed by atoms with Gasteiger partial charge in [0.15, 0.2) is 0 Å². The SMILES string of the molecule is CC(=O)Nc1cnc(C)n1CC(=O)Nc1sc2c(c1C#N)CCC(OC(C)C)C2. The van der Waals surface area contributed by atoms with E-state index in [2.05, 4.69) is 21.7 Å². The van der Waals surface area contributed by atoms with Gasteiger partial charge in [-0.1, -0.05) is 0 Å². The Morgan fingerprint density at radius 2 is 2.21 bits per heavy atom. The maximum Gasteiger partial charge on any atom is 0.245 e. The van der Waals surface area contributed by atoms with E-state index in [1.54, 1.807) is 11.5 Å². The van der Waals surface area contributed by atoms with E-state index in [9.17, 15) is 14.9 Å². The molecule has 0 radical (unpaired) electrons. The van der Waals surface area contributed by atoms with E-state index in [4.69, 9.17) is 4.74 Å². The number of aromatic nitrogens is 2. The second-order valence-corrected chi connectivity index (χ2v) is 8.48. The first kappa shape index (κ1) is 21.0. The first-order chi connectivity index (χ1) is 13.8. The topological polar surface area (TPSA) is 109 Å². The van der Waals surface area contributed by atoms with E-state index in [0.29, 0.717) is 22.2 Å². The first-order valence-electron chi connectivity index (χ1n) is 9.58. The molecule has 0 spiro atoms. The van der Waals surface area contributed by atoms with Gasteiger partial charge < -0.3 is 19.9 Å². The largest absolute Gasteiger partial charge is 0.375 e. The molecule has 0 saturated heterocycles. The van der Waals surface area contributed by atoms with E-state index in [0.717, 1.165) is 29.7 Å². The molecule has 29 heavy (non-hydrogen) atoms. The van der Waals surface area contributed by atoms with E-state index >= 15 is 0 Å². The molecule has 0 aromatic carbocycles.